The van der Waals surface area contributed by atoms with E-state index in [2.05, 4.69) is 59.7 Å². The zero-order chi connectivity index (χ0) is 13.5. The van der Waals surface area contributed by atoms with E-state index in [0.717, 1.165) is 0 Å². The van der Waals surface area contributed by atoms with Gasteiger partial charge in [-0.2, -0.15) is 5.10 Å². The third kappa shape index (κ3) is 3.93. The molecular formula is C16H23N3. The van der Waals surface area contributed by atoms with Crippen LogP contribution in [0, 0.1) is 0 Å². The fourth-order valence-electron chi connectivity index (χ4n) is 2.34. The molecule has 2 aromatic rings. The lowest BCUT2D eigenvalue weighted by molar-refractivity contribution is 0.431. The normalized spacial score (nSPS) is 14.2. The van der Waals surface area contributed by atoms with Crippen molar-refractivity contribution in [2.24, 2.45) is 0 Å². The summed E-state index contributed by atoms with van der Waals surface area (Å²) in [5.41, 5.74) is 2.57. The van der Waals surface area contributed by atoms with Gasteiger partial charge in [-0.1, -0.05) is 50.1 Å². The Hall–Kier alpha value is -1.61. The Bertz CT molecular complexity index is 450. The van der Waals surface area contributed by atoms with Crippen molar-refractivity contribution < 1.29 is 0 Å². The summed E-state index contributed by atoms with van der Waals surface area (Å²) in [6.45, 7) is 4.42. The van der Waals surface area contributed by atoms with Crippen LogP contribution in [0.2, 0.25) is 0 Å². The third-order valence-corrected chi connectivity index (χ3v) is 3.52. The average molecular weight is 257 g/mol. The van der Waals surface area contributed by atoms with Crippen molar-refractivity contribution in [2.45, 2.75) is 45.2 Å². The number of aromatic amines is 1. The number of nitrogens with one attached hydrogen (secondary N) is 2. The molecule has 1 aromatic heterocycles. The molecule has 2 N–H and O–H groups in total. The second kappa shape index (κ2) is 7.10. The maximum atomic E-state index is 4.02. The number of unbranched alkanes of at least 4 members (excludes halogenated alkanes) is 1. The molecule has 3 heteroatoms. The van der Waals surface area contributed by atoms with Crippen LogP contribution >= 0.6 is 0 Å². The Labute approximate surface area is 115 Å². The van der Waals surface area contributed by atoms with Crippen molar-refractivity contribution in [1.29, 1.82) is 0 Å². The van der Waals surface area contributed by atoms with Gasteiger partial charge in [0.2, 0.25) is 0 Å². The lowest BCUT2D eigenvalue weighted by Crippen LogP contribution is -2.24. The van der Waals surface area contributed by atoms with Crippen LogP contribution in [0.1, 0.15) is 56.3 Å². The number of hydrogen-bond acceptors (Lipinski definition) is 2. The van der Waals surface area contributed by atoms with Crippen LogP contribution in [0.3, 0.4) is 0 Å². The van der Waals surface area contributed by atoms with E-state index in [1.54, 1.807) is 0 Å². The molecule has 0 aliphatic carbocycles. The van der Waals surface area contributed by atoms with E-state index in [-0.39, 0.29) is 0 Å². The molecule has 0 saturated heterocycles. The van der Waals surface area contributed by atoms with E-state index < -0.39 is 0 Å². The topological polar surface area (TPSA) is 40.7 Å². The Morgan fingerprint density at radius 3 is 2.63 bits per heavy atom. The van der Waals surface area contributed by atoms with Crippen molar-refractivity contribution in [3.8, 4) is 0 Å². The number of H-pyrrole nitrogens is 1. The van der Waals surface area contributed by atoms with Crippen LogP contribution in [0.25, 0.3) is 0 Å². The molecule has 0 aliphatic rings. The first-order valence-electron chi connectivity index (χ1n) is 7.11. The lowest BCUT2D eigenvalue weighted by atomic mass is 9.99. The fraction of sp³-hybridized carbons (Fsp3) is 0.438. The second-order valence-corrected chi connectivity index (χ2v) is 5.03. The van der Waals surface area contributed by atoms with Crippen molar-refractivity contribution >= 4 is 0 Å². The molecule has 0 saturated carbocycles. The van der Waals surface area contributed by atoms with Gasteiger partial charge in [-0.3, -0.25) is 5.10 Å². The van der Waals surface area contributed by atoms with Gasteiger partial charge < -0.3 is 5.32 Å². The maximum absolute atomic E-state index is 4.02. The second-order valence-electron chi connectivity index (χ2n) is 5.03. The summed E-state index contributed by atoms with van der Waals surface area (Å²) in [4.78, 5) is 0. The molecule has 1 aromatic carbocycles. The Morgan fingerprint density at radius 1 is 1.21 bits per heavy atom. The minimum Gasteiger partial charge on any atom is -0.303 e. The summed E-state index contributed by atoms with van der Waals surface area (Å²) in [5.74, 6) is 0. The SMILES string of the molecule is CCCCC(NC(C)c1cn[nH]c1)c1ccccc1. The first-order valence-corrected chi connectivity index (χ1v) is 7.11. The van der Waals surface area contributed by atoms with Crippen LogP contribution in [0.15, 0.2) is 42.7 Å². The van der Waals surface area contributed by atoms with Gasteiger partial charge in [0.15, 0.2) is 0 Å². The molecule has 19 heavy (non-hydrogen) atoms. The van der Waals surface area contributed by atoms with E-state index in [9.17, 15) is 0 Å². The quantitative estimate of drug-likeness (QED) is 0.787. The smallest absolute Gasteiger partial charge is 0.0534 e. The molecule has 0 radical (unpaired) electrons. The van der Waals surface area contributed by atoms with Crippen molar-refractivity contribution in [2.75, 3.05) is 0 Å². The molecular weight excluding hydrogens is 234 g/mol. The van der Waals surface area contributed by atoms with Crippen LogP contribution in [0.5, 0.6) is 0 Å². The van der Waals surface area contributed by atoms with Crippen LogP contribution in [-0.4, -0.2) is 10.2 Å². The maximum Gasteiger partial charge on any atom is 0.0534 e. The summed E-state index contributed by atoms with van der Waals surface area (Å²) >= 11 is 0. The van der Waals surface area contributed by atoms with E-state index in [4.69, 9.17) is 0 Å². The van der Waals surface area contributed by atoms with Gasteiger partial charge in [-0.15, -0.1) is 0 Å². The van der Waals surface area contributed by atoms with Crippen molar-refractivity contribution in [1.82, 2.24) is 15.5 Å². The van der Waals surface area contributed by atoms with Gasteiger partial charge in [0.05, 0.1) is 6.20 Å². The van der Waals surface area contributed by atoms with Crippen LogP contribution < -0.4 is 5.32 Å². The van der Waals surface area contributed by atoms with Gasteiger partial charge in [0.25, 0.3) is 0 Å². The van der Waals surface area contributed by atoms with E-state index in [1.807, 2.05) is 12.4 Å². The minimum atomic E-state index is 0.306. The number of hydrogen-bond donors (Lipinski definition) is 2. The van der Waals surface area contributed by atoms with Crippen LogP contribution in [-0.2, 0) is 0 Å². The molecule has 0 fully saturated rings. The highest BCUT2D eigenvalue weighted by atomic mass is 15.1. The van der Waals surface area contributed by atoms with Gasteiger partial charge in [-0.05, 0) is 18.9 Å². The number of benzene rings is 1. The van der Waals surface area contributed by atoms with Gasteiger partial charge in [-0.25, -0.2) is 0 Å². The minimum absolute atomic E-state index is 0.306. The van der Waals surface area contributed by atoms with Crippen molar-refractivity contribution in [3.05, 3.63) is 53.9 Å². The molecule has 0 spiro atoms. The van der Waals surface area contributed by atoms with E-state index in [0.29, 0.717) is 12.1 Å². The van der Waals surface area contributed by atoms with Gasteiger partial charge in [0.1, 0.15) is 0 Å². The van der Waals surface area contributed by atoms with E-state index in [1.165, 1.54) is 30.4 Å². The molecule has 102 valence electrons. The first-order chi connectivity index (χ1) is 9.31. The van der Waals surface area contributed by atoms with Gasteiger partial charge >= 0.3 is 0 Å². The third-order valence-electron chi connectivity index (χ3n) is 3.52. The summed E-state index contributed by atoms with van der Waals surface area (Å²) in [6, 6.07) is 11.4. The largest absolute Gasteiger partial charge is 0.303 e. The highest BCUT2D eigenvalue weighted by Crippen LogP contribution is 2.23. The molecule has 2 atom stereocenters. The highest BCUT2D eigenvalue weighted by molar-refractivity contribution is 5.20. The monoisotopic (exact) mass is 257 g/mol. The molecule has 3 nitrogen and oxygen atoms in total. The molecule has 0 bridgehead atoms. The van der Waals surface area contributed by atoms with Crippen LogP contribution in [0.4, 0.5) is 0 Å². The summed E-state index contributed by atoms with van der Waals surface area (Å²) < 4.78 is 0. The average Bonchev–Trinajstić information content (AvgIpc) is 2.98. The van der Waals surface area contributed by atoms with E-state index >= 15 is 0 Å². The lowest BCUT2D eigenvalue weighted by Gasteiger charge is -2.23. The molecule has 1 heterocycles. The molecule has 0 aliphatic heterocycles. The zero-order valence-corrected chi connectivity index (χ0v) is 11.8. The standard InChI is InChI=1S/C16H23N3/c1-3-4-10-16(14-8-6-5-7-9-14)19-13(2)15-11-17-18-12-15/h5-9,11-13,16,19H,3-4,10H2,1-2H3,(H,17,18). The summed E-state index contributed by atoms with van der Waals surface area (Å²) in [5, 5.41) is 10.6. The summed E-state index contributed by atoms with van der Waals surface area (Å²) in [6.07, 6.45) is 7.48. The Kier molecular flexibility index (Phi) is 5.16. The van der Waals surface area contributed by atoms with Gasteiger partial charge in [0, 0.05) is 23.8 Å². The summed E-state index contributed by atoms with van der Waals surface area (Å²) in [7, 11) is 0. The number of nitrogens with zero attached hydrogens (tertiary/aromatic N) is 1. The van der Waals surface area contributed by atoms with Crippen molar-refractivity contribution in [3.63, 3.8) is 0 Å². The first kappa shape index (κ1) is 13.8. The molecule has 2 rings (SSSR count). The highest BCUT2D eigenvalue weighted by Gasteiger charge is 2.15. The number of rotatable bonds is 7. The Balaban J connectivity index is 2.05. The predicted octanol–water partition coefficient (Wildman–Crippen LogP) is 3.99. The zero-order valence-electron chi connectivity index (χ0n) is 11.8. The molecule has 2 unspecified atom stereocenters. The molecule has 0 amide bonds. The predicted molar refractivity (Wildman–Crippen MR) is 78.8 cm³/mol. The Morgan fingerprint density at radius 2 is 2.00 bits per heavy atom. The number of aromatic nitrogens is 2. The fourth-order valence-corrected chi connectivity index (χ4v) is 2.34.